The third-order valence-electron chi connectivity index (χ3n) is 7.67. The maximum absolute atomic E-state index is 14.0. The normalized spacial score (nSPS) is 14.0. The molecule has 6 rings (SSSR count). The third kappa shape index (κ3) is 5.56. The second kappa shape index (κ2) is 11.1. The van der Waals surface area contributed by atoms with Crippen molar-refractivity contribution in [1.82, 2.24) is 19.2 Å². The van der Waals surface area contributed by atoms with E-state index >= 15 is 0 Å². The molecule has 3 heterocycles. The summed E-state index contributed by atoms with van der Waals surface area (Å²) < 4.78 is 29.5. The van der Waals surface area contributed by atoms with Crippen molar-refractivity contribution in [2.45, 2.75) is 20.4 Å². The van der Waals surface area contributed by atoms with Crippen LogP contribution in [0.3, 0.4) is 0 Å². The number of aryl methyl sites for hydroxylation is 2. The number of aromatic nitrogens is 2. The Morgan fingerprint density at radius 1 is 0.878 bits per heavy atom. The van der Waals surface area contributed by atoms with Gasteiger partial charge in [0.05, 0.1) is 17.1 Å². The Labute approximate surface area is 237 Å². The van der Waals surface area contributed by atoms with Crippen LogP contribution >= 0.6 is 0 Å². The minimum absolute atomic E-state index is 0.0308. The van der Waals surface area contributed by atoms with Gasteiger partial charge in [0.1, 0.15) is 17.3 Å². The molecule has 0 spiro atoms. The number of hydrogen-bond donors (Lipinski definition) is 1. The number of carbonyl (C=O) groups is 1. The van der Waals surface area contributed by atoms with Gasteiger partial charge >= 0.3 is 6.03 Å². The van der Waals surface area contributed by atoms with E-state index in [1.807, 2.05) is 18.2 Å². The molecule has 0 bridgehead atoms. The monoisotopic (exact) mass is 551 g/mol. The zero-order chi connectivity index (χ0) is 28.5. The molecule has 41 heavy (non-hydrogen) atoms. The number of rotatable bonds is 5. The molecule has 0 atom stereocenters. The third-order valence-corrected chi connectivity index (χ3v) is 7.67. The molecule has 0 unspecified atom stereocenters. The van der Waals surface area contributed by atoms with Crippen molar-refractivity contribution < 1.29 is 13.6 Å². The van der Waals surface area contributed by atoms with E-state index in [0.29, 0.717) is 32.7 Å². The average molecular weight is 552 g/mol. The summed E-state index contributed by atoms with van der Waals surface area (Å²) in [5.74, 6) is -1.48. The molecule has 8 heteroatoms. The van der Waals surface area contributed by atoms with Gasteiger partial charge in [0.2, 0.25) is 0 Å². The highest BCUT2D eigenvalue weighted by molar-refractivity contribution is 5.89. The highest BCUT2D eigenvalue weighted by atomic mass is 19.1. The molecule has 1 fully saturated rings. The Hall–Kier alpha value is -4.56. The van der Waals surface area contributed by atoms with Gasteiger partial charge in [-0.1, -0.05) is 54.1 Å². The molecule has 2 aromatic heterocycles. The van der Waals surface area contributed by atoms with Gasteiger partial charge in [-0.2, -0.15) is 0 Å². The Morgan fingerprint density at radius 3 is 2.41 bits per heavy atom. The molecular formula is C33H31F2N5O. The van der Waals surface area contributed by atoms with Crippen molar-refractivity contribution in [3.05, 3.63) is 114 Å². The number of fused-ring (bicyclic) bond motifs is 1. The highest BCUT2D eigenvalue weighted by Crippen LogP contribution is 2.30. The van der Waals surface area contributed by atoms with Gasteiger partial charge in [-0.05, 0) is 54.8 Å². The number of benzene rings is 3. The second-order valence-corrected chi connectivity index (χ2v) is 10.6. The lowest BCUT2D eigenvalue weighted by Crippen LogP contribution is -2.49. The fraction of sp³-hybridized carbons (Fsp3) is 0.212. The van der Waals surface area contributed by atoms with Crippen LogP contribution < -0.4 is 5.32 Å². The topological polar surface area (TPSA) is 52.9 Å². The summed E-state index contributed by atoms with van der Waals surface area (Å²) in [5, 5.41) is 2.57. The van der Waals surface area contributed by atoms with Gasteiger partial charge in [0, 0.05) is 50.6 Å². The van der Waals surface area contributed by atoms with Crippen LogP contribution in [0.15, 0.2) is 85.1 Å². The van der Waals surface area contributed by atoms with E-state index in [0.717, 1.165) is 40.3 Å². The molecule has 0 saturated carbocycles. The number of amides is 2. The fourth-order valence-electron chi connectivity index (χ4n) is 5.38. The lowest BCUT2D eigenvalue weighted by Gasteiger charge is -2.34. The fourth-order valence-corrected chi connectivity index (χ4v) is 5.38. The summed E-state index contributed by atoms with van der Waals surface area (Å²) >= 11 is 0. The molecule has 2 amide bonds. The number of nitrogens with one attached hydrogen (secondary N) is 1. The Morgan fingerprint density at radius 2 is 1.66 bits per heavy atom. The van der Waals surface area contributed by atoms with Gasteiger partial charge in [-0.25, -0.2) is 18.6 Å². The maximum Gasteiger partial charge on any atom is 0.322 e. The molecule has 208 valence electrons. The molecule has 5 aromatic rings. The van der Waals surface area contributed by atoms with Crippen LogP contribution in [0.25, 0.3) is 28.0 Å². The second-order valence-electron chi connectivity index (χ2n) is 10.6. The van der Waals surface area contributed by atoms with Crippen molar-refractivity contribution >= 4 is 17.4 Å². The largest absolute Gasteiger partial charge is 0.322 e. The molecule has 1 aliphatic rings. The maximum atomic E-state index is 14.0. The molecular weight excluding hydrogens is 520 g/mol. The average Bonchev–Trinajstić information content (AvgIpc) is 3.34. The zero-order valence-corrected chi connectivity index (χ0v) is 23.1. The van der Waals surface area contributed by atoms with E-state index in [2.05, 4.69) is 77.1 Å². The summed E-state index contributed by atoms with van der Waals surface area (Å²) in [6.45, 7) is 7.16. The zero-order valence-electron chi connectivity index (χ0n) is 23.1. The van der Waals surface area contributed by atoms with E-state index in [4.69, 9.17) is 4.98 Å². The number of piperazine rings is 1. The smallest absolute Gasteiger partial charge is 0.322 e. The predicted molar refractivity (Wildman–Crippen MR) is 158 cm³/mol. The van der Waals surface area contributed by atoms with Crippen molar-refractivity contribution in [3.63, 3.8) is 0 Å². The molecule has 1 aliphatic heterocycles. The quantitative estimate of drug-likeness (QED) is 0.258. The van der Waals surface area contributed by atoms with E-state index in [1.54, 1.807) is 4.90 Å². The molecule has 1 N–H and O–H groups in total. The number of halogens is 2. The summed E-state index contributed by atoms with van der Waals surface area (Å²) in [5.41, 5.74) is 8.69. The van der Waals surface area contributed by atoms with Crippen LogP contribution in [0.2, 0.25) is 0 Å². The molecule has 0 aliphatic carbocycles. The van der Waals surface area contributed by atoms with Crippen molar-refractivity contribution in [2.24, 2.45) is 0 Å². The number of urea groups is 1. The minimum Gasteiger partial charge on any atom is -0.322 e. The molecule has 6 nitrogen and oxygen atoms in total. The SMILES string of the molecule is Cc1ccc(C)c(-c2ccc3nc(-c4ccccc4)c(CN4CCN(C(=O)Nc5ccc(F)cc5F)CC4)n3c2)c1. The Balaban J connectivity index is 1.25. The number of imidazole rings is 1. The van der Waals surface area contributed by atoms with Crippen LogP contribution in [0, 0.1) is 25.5 Å². The molecule has 1 saturated heterocycles. The highest BCUT2D eigenvalue weighted by Gasteiger charge is 2.24. The number of carbonyl (C=O) groups excluding carboxylic acids is 1. The van der Waals surface area contributed by atoms with E-state index in [9.17, 15) is 13.6 Å². The Kier molecular flexibility index (Phi) is 7.24. The van der Waals surface area contributed by atoms with Crippen molar-refractivity contribution in [3.8, 4) is 22.4 Å². The molecule has 3 aromatic carbocycles. The van der Waals surface area contributed by atoms with Gasteiger partial charge in [0.25, 0.3) is 0 Å². The predicted octanol–water partition coefficient (Wildman–Crippen LogP) is 6.91. The first kappa shape index (κ1) is 26.7. The van der Waals surface area contributed by atoms with E-state index < -0.39 is 17.7 Å². The standard InChI is InChI=1S/C33H31F2N5O/c1-22-8-9-23(2)27(18-22)25-10-13-31-37-32(24-6-4-3-5-7-24)30(40(31)20-25)21-38-14-16-39(17-15-38)33(41)36-29-12-11-26(34)19-28(29)35/h3-13,18-20H,14-17,21H2,1-2H3,(H,36,41). The summed E-state index contributed by atoms with van der Waals surface area (Å²) in [6, 6.07) is 23.6. The van der Waals surface area contributed by atoms with Crippen LogP contribution in [-0.4, -0.2) is 51.4 Å². The van der Waals surface area contributed by atoms with Crippen LogP contribution in [0.5, 0.6) is 0 Å². The van der Waals surface area contributed by atoms with Gasteiger partial charge in [-0.15, -0.1) is 0 Å². The number of nitrogens with zero attached hydrogens (tertiary/aromatic N) is 4. The first-order valence-corrected chi connectivity index (χ1v) is 13.7. The lowest BCUT2D eigenvalue weighted by molar-refractivity contribution is 0.142. The van der Waals surface area contributed by atoms with Crippen LogP contribution in [-0.2, 0) is 6.54 Å². The Bertz CT molecular complexity index is 1730. The summed E-state index contributed by atoms with van der Waals surface area (Å²) in [4.78, 5) is 21.8. The van der Waals surface area contributed by atoms with Gasteiger partial charge in [-0.3, -0.25) is 4.90 Å². The first-order chi connectivity index (χ1) is 19.9. The van der Waals surface area contributed by atoms with Crippen molar-refractivity contribution in [2.75, 3.05) is 31.5 Å². The molecule has 0 radical (unpaired) electrons. The summed E-state index contributed by atoms with van der Waals surface area (Å²) in [7, 11) is 0. The minimum atomic E-state index is -0.793. The number of pyridine rings is 1. The van der Waals surface area contributed by atoms with Crippen LogP contribution in [0.4, 0.5) is 19.3 Å². The van der Waals surface area contributed by atoms with Gasteiger partial charge in [0.15, 0.2) is 0 Å². The van der Waals surface area contributed by atoms with Gasteiger partial charge < -0.3 is 14.6 Å². The summed E-state index contributed by atoms with van der Waals surface area (Å²) in [6.07, 6.45) is 2.17. The lowest BCUT2D eigenvalue weighted by atomic mass is 10.00. The van der Waals surface area contributed by atoms with E-state index in [-0.39, 0.29) is 5.69 Å². The van der Waals surface area contributed by atoms with Crippen LogP contribution in [0.1, 0.15) is 16.8 Å². The number of anilines is 1. The first-order valence-electron chi connectivity index (χ1n) is 13.7. The number of hydrogen-bond acceptors (Lipinski definition) is 3. The van der Waals surface area contributed by atoms with Crippen molar-refractivity contribution in [1.29, 1.82) is 0 Å². The van der Waals surface area contributed by atoms with E-state index in [1.165, 1.54) is 22.8 Å².